The van der Waals surface area contributed by atoms with Crippen molar-refractivity contribution in [3.05, 3.63) is 48.1 Å². The third-order valence-corrected chi connectivity index (χ3v) is 2.32. The van der Waals surface area contributed by atoms with E-state index in [1.54, 1.807) is 0 Å². The Balaban J connectivity index is 2.66. The number of dihydropyridines is 1. The maximum Gasteiger partial charge on any atom is 0.0433 e. The Hall–Kier alpha value is -1.41. The molecule has 0 saturated heterocycles. The van der Waals surface area contributed by atoms with Crippen molar-refractivity contribution in [2.75, 3.05) is 13.1 Å². The number of aliphatic imine (C=N–C) groups is 1. The Kier molecular flexibility index (Phi) is 4.25. The maximum atomic E-state index is 5.44. The van der Waals surface area contributed by atoms with E-state index in [1.165, 1.54) is 5.57 Å². The van der Waals surface area contributed by atoms with Gasteiger partial charge in [-0.3, -0.25) is 4.99 Å². The predicted molar refractivity (Wildman–Crippen MR) is 67.2 cm³/mol. The summed E-state index contributed by atoms with van der Waals surface area (Å²) in [5.41, 5.74) is 9.71. The van der Waals surface area contributed by atoms with Crippen LogP contribution in [0.3, 0.4) is 0 Å². The molecule has 0 aromatic rings. The zero-order valence-corrected chi connectivity index (χ0v) is 9.29. The quantitative estimate of drug-likeness (QED) is 0.698. The molecular formula is C13H18N2. The fraction of sp³-hybridized carbons (Fsp3) is 0.308. The SMILES string of the molecule is C=C(/C=C\C(=C)C1=CC(C)=NCC1)CN. The molecule has 1 aliphatic rings. The van der Waals surface area contributed by atoms with Crippen LogP contribution in [0.25, 0.3) is 0 Å². The molecule has 80 valence electrons. The van der Waals surface area contributed by atoms with Crippen molar-refractivity contribution in [1.82, 2.24) is 0 Å². The Morgan fingerprint density at radius 3 is 2.87 bits per heavy atom. The first-order chi connectivity index (χ1) is 7.13. The van der Waals surface area contributed by atoms with E-state index in [2.05, 4.69) is 24.2 Å². The number of rotatable bonds is 4. The summed E-state index contributed by atoms with van der Waals surface area (Å²) in [5, 5.41) is 0. The van der Waals surface area contributed by atoms with Gasteiger partial charge in [0, 0.05) is 18.8 Å². The van der Waals surface area contributed by atoms with E-state index >= 15 is 0 Å². The van der Waals surface area contributed by atoms with Gasteiger partial charge < -0.3 is 5.73 Å². The van der Waals surface area contributed by atoms with E-state index in [-0.39, 0.29) is 0 Å². The molecule has 0 aromatic carbocycles. The van der Waals surface area contributed by atoms with Crippen molar-refractivity contribution in [2.24, 2.45) is 10.7 Å². The molecule has 0 spiro atoms. The molecule has 1 heterocycles. The number of hydrogen-bond acceptors (Lipinski definition) is 2. The normalized spacial score (nSPS) is 16.1. The van der Waals surface area contributed by atoms with Crippen LogP contribution in [-0.4, -0.2) is 18.8 Å². The first-order valence-electron chi connectivity index (χ1n) is 5.10. The van der Waals surface area contributed by atoms with Crippen LogP contribution in [0.5, 0.6) is 0 Å². The van der Waals surface area contributed by atoms with E-state index in [0.29, 0.717) is 6.54 Å². The van der Waals surface area contributed by atoms with E-state index in [1.807, 2.05) is 19.1 Å². The molecule has 0 atom stereocenters. The van der Waals surface area contributed by atoms with Crippen molar-refractivity contribution in [3.63, 3.8) is 0 Å². The standard InChI is InChI=1S/C13H18N2/c1-10(9-14)4-5-11(2)13-6-7-15-12(3)8-13/h4-5,8H,1-2,6-7,9,14H2,3H3/b5-4-. The van der Waals surface area contributed by atoms with Crippen LogP contribution in [0.4, 0.5) is 0 Å². The van der Waals surface area contributed by atoms with Crippen molar-refractivity contribution in [1.29, 1.82) is 0 Å². The predicted octanol–water partition coefficient (Wildman–Crippen LogP) is 2.40. The summed E-state index contributed by atoms with van der Waals surface area (Å²) in [6.07, 6.45) is 6.95. The highest BCUT2D eigenvalue weighted by Crippen LogP contribution is 2.17. The summed E-state index contributed by atoms with van der Waals surface area (Å²) in [6.45, 7) is 11.2. The number of hydrogen-bond donors (Lipinski definition) is 1. The Bertz CT molecular complexity index is 357. The maximum absolute atomic E-state index is 5.44. The van der Waals surface area contributed by atoms with Crippen molar-refractivity contribution in [3.8, 4) is 0 Å². The molecule has 0 bridgehead atoms. The van der Waals surface area contributed by atoms with Crippen LogP contribution in [0.1, 0.15) is 13.3 Å². The lowest BCUT2D eigenvalue weighted by atomic mass is 10.00. The fourth-order valence-corrected chi connectivity index (χ4v) is 1.37. The Labute approximate surface area is 91.6 Å². The first kappa shape index (κ1) is 11.7. The average Bonchev–Trinajstić information content (AvgIpc) is 2.25. The highest BCUT2D eigenvalue weighted by molar-refractivity contribution is 5.94. The van der Waals surface area contributed by atoms with Gasteiger partial charge in [-0.25, -0.2) is 0 Å². The fourth-order valence-electron chi connectivity index (χ4n) is 1.37. The number of nitrogens with two attached hydrogens (primary N) is 1. The lowest BCUT2D eigenvalue weighted by Crippen LogP contribution is -2.02. The molecule has 0 aliphatic carbocycles. The highest BCUT2D eigenvalue weighted by Gasteiger charge is 2.04. The second kappa shape index (κ2) is 5.47. The minimum absolute atomic E-state index is 0.489. The zero-order valence-electron chi connectivity index (χ0n) is 9.29. The van der Waals surface area contributed by atoms with E-state index < -0.39 is 0 Å². The third-order valence-electron chi connectivity index (χ3n) is 2.32. The molecule has 0 unspecified atom stereocenters. The van der Waals surface area contributed by atoms with E-state index in [4.69, 9.17) is 5.73 Å². The lowest BCUT2D eigenvalue weighted by Gasteiger charge is -2.11. The largest absolute Gasteiger partial charge is 0.327 e. The second-order valence-corrected chi connectivity index (χ2v) is 3.66. The molecule has 0 radical (unpaired) electrons. The summed E-state index contributed by atoms with van der Waals surface area (Å²) < 4.78 is 0. The molecule has 15 heavy (non-hydrogen) atoms. The Morgan fingerprint density at radius 1 is 1.53 bits per heavy atom. The van der Waals surface area contributed by atoms with Crippen LogP contribution in [0.15, 0.2) is 53.1 Å². The van der Waals surface area contributed by atoms with Gasteiger partial charge in [0.25, 0.3) is 0 Å². The van der Waals surface area contributed by atoms with E-state index in [9.17, 15) is 0 Å². The van der Waals surface area contributed by atoms with Crippen LogP contribution in [-0.2, 0) is 0 Å². The van der Waals surface area contributed by atoms with Gasteiger partial charge in [-0.1, -0.05) is 25.3 Å². The van der Waals surface area contributed by atoms with Crippen LogP contribution >= 0.6 is 0 Å². The second-order valence-electron chi connectivity index (χ2n) is 3.66. The molecule has 1 rings (SSSR count). The minimum atomic E-state index is 0.489. The van der Waals surface area contributed by atoms with Crippen molar-refractivity contribution < 1.29 is 0 Å². The summed E-state index contributed by atoms with van der Waals surface area (Å²) in [4.78, 5) is 4.31. The van der Waals surface area contributed by atoms with Crippen LogP contribution in [0, 0.1) is 0 Å². The highest BCUT2D eigenvalue weighted by atomic mass is 14.7. The van der Waals surface area contributed by atoms with Gasteiger partial charge in [-0.2, -0.15) is 0 Å². The van der Waals surface area contributed by atoms with Gasteiger partial charge in [0.15, 0.2) is 0 Å². The van der Waals surface area contributed by atoms with Gasteiger partial charge in [-0.15, -0.1) is 0 Å². The smallest absolute Gasteiger partial charge is 0.0433 e. The lowest BCUT2D eigenvalue weighted by molar-refractivity contribution is 0.948. The summed E-state index contributed by atoms with van der Waals surface area (Å²) in [7, 11) is 0. The molecule has 0 amide bonds. The molecule has 1 aliphatic heterocycles. The molecule has 2 N–H and O–H groups in total. The monoisotopic (exact) mass is 202 g/mol. The minimum Gasteiger partial charge on any atom is -0.327 e. The van der Waals surface area contributed by atoms with Gasteiger partial charge in [0.05, 0.1) is 0 Å². The van der Waals surface area contributed by atoms with Gasteiger partial charge in [0.1, 0.15) is 0 Å². The van der Waals surface area contributed by atoms with Gasteiger partial charge >= 0.3 is 0 Å². The van der Waals surface area contributed by atoms with Crippen LogP contribution < -0.4 is 5.73 Å². The first-order valence-corrected chi connectivity index (χ1v) is 5.10. The average molecular weight is 202 g/mol. The van der Waals surface area contributed by atoms with Gasteiger partial charge in [0.2, 0.25) is 0 Å². The number of nitrogens with zero attached hydrogens (tertiary/aromatic N) is 1. The molecule has 0 saturated carbocycles. The zero-order chi connectivity index (χ0) is 11.3. The summed E-state index contributed by atoms with van der Waals surface area (Å²) in [5.74, 6) is 0. The molecule has 0 fully saturated rings. The summed E-state index contributed by atoms with van der Waals surface area (Å²) in [6, 6.07) is 0. The van der Waals surface area contributed by atoms with Gasteiger partial charge in [-0.05, 0) is 36.1 Å². The van der Waals surface area contributed by atoms with E-state index in [0.717, 1.165) is 29.8 Å². The number of allylic oxidation sites excluding steroid dienone is 3. The van der Waals surface area contributed by atoms with Crippen molar-refractivity contribution >= 4 is 5.71 Å². The Morgan fingerprint density at radius 2 is 2.27 bits per heavy atom. The molecule has 2 nitrogen and oxygen atoms in total. The topological polar surface area (TPSA) is 38.4 Å². The molecular weight excluding hydrogens is 184 g/mol. The molecule has 2 heteroatoms. The third kappa shape index (κ3) is 3.68. The summed E-state index contributed by atoms with van der Waals surface area (Å²) >= 11 is 0. The van der Waals surface area contributed by atoms with Crippen molar-refractivity contribution in [2.45, 2.75) is 13.3 Å². The van der Waals surface area contributed by atoms with Crippen LogP contribution in [0.2, 0.25) is 0 Å². The molecule has 0 aromatic heterocycles.